The van der Waals surface area contributed by atoms with E-state index in [2.05, 4.69) is 252 Å². The molecule has 0 aliphatic carbocycles. The zero-order chi connectivity index (χ0) is 44.3. The van der Waals surface area contributed by atoms with Crippen molar-refractivity contribution < 1.29 is 0 Å². The Kier molecular flexibility index (Phi) is 8.11. The van der Waals surface area contributed by atoms with E-state index in [1.165, 1.54) is 109 Å². The molecule has 0 saturated carbocycles. The van der Waals surface area contributed by atoms with Crippen molar-refractivity contribution in [2.24, 2.45) is 0 Å². The summed E-state index contributed by atoms with van der Waals surface area (Å²) in [6.45, 7) is 4.43. The van der Waals surface area contributed by atoms with Crippen molar-refractivity contribution in [3.8, 4) is 11.4 Å². The van der Waals surface area contributed by atoms with Gasteiger partial charge in [0, 0.05) is 55.4 Å². The van der Waals surface area contributed by atoms with Gasteiger partial charge in [0.2, 0.25) is 0 Å². The second-order valence-corrected chi connectivity index (χ2v) is 18.3. The van der Waals surface area contributed by atoms with Gasteiger partial charge >= 0.3 is 0 Å². The normalized spacial score (nSPS) is 12.0. The van der Waals surface area contributed by atoms with Crippen molar-refractivity contribution in [2.75, 3.05) is 4.90 Å². The number of nitrogens with zero attached hydrogens (tertiary/aromatic N) is 3. The van der Waals surface area contributed by atoms with Gasteiger partial charge in [-0.05, 0) is 152 Å². The van der Waals surface area contributed by atoms with E-state index in [1.807, 2.05) is 0 Å². The lowest BCUT2D eigenvalue weighted by atomic mass is 9.92. The summed E-state index contributed by atoms with van der Waals surface area (Å²) >= 11 is 0. The Labute approximate surface area is 387 Å². The molecule has 2 heterocycles. The Morgan fingerprint density at radius 3 is 1.51 bits per heavy atom. The number of para-hydroxylation sites is 2. The van der Waals surface area contributed by atoms with Gasteiger partial charge < -0.3 is 14.0 Å². The molecule has 0 saturated heterocycles. The molecule has 0 unspecified atom stereocenters. The highest BCUT2D eigenvalue weighted by Gasteiger charge is 2.27. The fourth-order valence-corrected chi connectivity index (χ4v) is 11.5. The Morgan fingerprint density at radius 1 is 0.284 bits per heavy atom. The molecule has 0 bridgehead atoms. The van der Waals surface area contributed by atoms with Gasteiger partial charge in [0.1, 0.15) is 0 Å². The molecule has 314 valence electrons. The van der Waals surface area contributed by atoms with E-state index in [-0.39, 0.29) is 0 Å². The molecule has 0 N–H and O–H groups in total. The first-order chi connectivity index (χ1) is 33.1. The molecule has 14 rings (SSSR count). The second kappa shape index (κ2) is 14.4. The molecular weight excluding hydrogens is 811 g/mol. The van der Waals surface area contributed by atoms with Gasteiger partial charge in [0.05, 0.1) is 22.1 Å². The maximum atomic E-state index is 2.57. The minimum absolute atomic E-state index is 1.10. The quantitative estimate of drug-likeness (QED) is 0.157. The highest BCUT2D eigenvalue weighted by Crippen LogP contribution is 2.50. The van der Waals surface area contributed by atoms with Crippen molar-refractivity contribution in [1.29, 1.82) is 0 Å². The first-order valence-corrected chi connectivity index (χ1v) is 23.3. The van der Waals surface area contributed by atoms with Crippen LogP contribution < -0.4 is 4.90 Å². The van der Waals surface area contributed by atoms with E-state index < -0.39 is 0 Å². The van der Waals surface area contributed by atoms with Gasteiger partial charge in [-0.25, -0.2) is 0 Å². The molecule has 3 nitrogen and oxygen atoms in total. The molecule has 0 aliphatic heterocycles. The van der Waals surface area contributed by atoms with Gasteiger partial charge in [-0.1, -0.05) is 146 Å². The smallest absolute Gasteiger partial charge is 0.0647 e. The molecule has 2 aromatic heterocycles. The summed E-state index contributed by atoms with van der Waals surface area (Å²) < 4.78 is 5.11. The Hall–Kier alpha value is -8.66. The molecule has 3 heteroatoms. The van der Waals surface area contributed by atoms with Gasteiger partial charge in [-0.15, -0.1) is 0 Å². The van der Waals surface area contributed by atoms with Crippen molar-refractivity contribution in [1.82, 2.24) is 9.13 Å². The fraction of sp³-hybridized carbons (Fsp3) is 0.0312. The Balaban J connectivity index is 1.21. The zero-order valence-corrected chi connectivity index (χ0v) is 37.2. The lowest BCUT2D eigenvalue weighted by Gasteiger charge is -2.26. The minimum atomic E-state index is 1.10. The number of rotatable bonds is 5. The maximum absolute atomic E-state index is 2.57. The lowest BCUT2D eigenvalue weighted by Crippen LogP contribution is -2.09. The van der Waals surface area contributed by atoms with Crippen LogP contribution in [0.15, 0.2) is 224 Å². The molecule has 0 aliphatic rings. The predicted octanol–water partition coefficient (Wildman–Crippen LogP) is 17.7. The van der Waals surface area contributed by atoms with E-state index in [1.54, 1.807) is 0 Å². The highest BCUT2D eigenvalue weighted by molar-refractivity contribution is 6.38. The molecule has 0 amide bonds. The third kappa shape index (κ3) is 5.58. The van der Waals surface area contributed by atoms with E-state index in [4.69, 9.17) is 0 Å². The highest BCUT2D eigenvalue weighted by atomic mass is 15.1. The van der Waals surface area contributed by atoms with Gasteiger partial charge in [0.25, 0.3) is 0 Å². The van der Waals surface area contributed by atoms with Crippen molar-refractivity contribution in [3.05, 3.63) is 236 Å². The lowest BCUT2D eigenvalue weighted by molar-refractivity contribution is 1.16. The van der Waals surface area contributed by atoms with Crippen LogP contribution in [0.3, 0.4) is 0 Å². The van der Waals surface area contributed by atoms with Crippen LogP contribution >= 0.6 is 0 Å². The molecule has 0 fully saturated rings. The van der Waals surface area contributed by atoms with Crippen LogP contribution in [-0.4, -0.2) is 9.13 Å². The average molecular weight is 854 g/mol. The summed E-state index contributed by atoms with van der Waals surface area (Å²) in [6, 6.07) is 83.4. The van der Waals surface area contributed by atoms with Crippen LogP contribution in [0.25, 0.3) is 109 Å². The summed E-state index contributed by atoms with van der Waals surface area (Å²) in [6.07, 6.45) is 0. The first kappa shape index (κ1) is 37.7. The van der Waals surface area contributed by atoms with Gasteiger partial charge in [-0.2, -0.15) is 0 Å². The second-order valence-electron chi connectivity index (χ2n) is 18.3. The van der Waals surface area contributed by atoms with E-state index in [9.17, 15) is 0 Å². The molecular formula is C64H43N3. The van der Waals surface area contributed by atoms with E-state index in [0.29, 0.717) is 0 Å². The van der Waals surface area contributed by atoms with E-state index >= 15 is 0 Å². The Bertz CT molecular complexity index is 4330. The fourth-order valence-electron chi connectivity index (χ4n) is 11.5. The van der Waals surface area contributed by atoms with Crippen molar-refractivity contribution in [2.45, 2.75) is 13.8 Å². The number of anilines is 3. The van der Waals surface area contributed by atoms with Crippen molar-refractivity contribution in [3.63, 3.8) is 0 Å². The number of benzene rings is 12. The largest absolute Gasteiger partial charge is 0.310 e. The first-order valence-electron chi connectivity index (χ1n) is 23.3. The monoisotopic (exact) mass is 853 g/mol. The molecule has 12 aromatic carbocycles. The zero-order valence-electron chi connectivity index (χ0n) is 37.2. The van der Waals surface area contributed by atoms with Crippen molar-refractivity contribution >= 4 is 115 Å². The summed E-state index contributed by atoms with van der Waals surface area (Å²) in [5.41, 5.74) is 12.9. The predicted molar refractivity (Wildman–Crippen MR) is 287 cm³/mol. The topological polar surface area (TPSA) is 13.1 Å². The van der Waals surface area contributed by atoms with Crippen LogP contribution in [-0.2, 0) is 0 Å². The van der Waals surface area contributed by atoms with Crippen LogP contribution in [0.5, 0.6) is 0 Å². The molecule has 14 aromatic rings. The summed E-state index contributed by atoms with van der Waals surface area (Å²) in [7, 11) is 0. The minimum Gasteiger partial charge on any atom is -0.310 e. The summed E-state index contributed by atoms with van der Waals surface area (Å²) in [4.78, 5) is 2.42. The van der Waals surface area contributed by atoms with Gasteiger partial charge in [-0.3, -0.25) is 0 Å². The molecule has 67 heavy (non-hydrogen) atoms. The number of hydrogen-bond acceptors (Lipinski definition) is 1. The SMILES string of the molecule is Cc1cc(C)cc(-n2c3ccc(N(c4ccccc4)c4ccc5ccccc5c4)cc3c3c2c2ccccc2c2c4cc5c6ccccc6c6ccccc6c5cc4n(-c4ccccc4)c23)c1. The van der Waals surface area contributed by atoms with Gasteiger partial charge in [0.15, 0.2) is 0 Å². The number of aromatic nitrogens is 2. The third-order valence-electron chi connectivity index (χ3n) is 14.2. The van der Waals surface area contributed by atoms with Crippen LogP contribution in [0, 0.1) is 13.8 Å². The third-order valence-corrected chi connectivity index (χ3v) is 14.2. The maximum Gasteiger partial charge on any atom is 0.0647 e. The summed E-state index contributed by atoms with van der Waals surface area (Å²) in [5.74, 6) is 0. The Morgan fingerprint density at radius 2 is 0.806 bits per heavy atom. The molecule has 0 radical (unpaired) electrons. The number of hydrogen-bond donors (Lipinski definition) is 0. The molecule has 0 atom stereocenters. The van der Waals surface area contributed by atoms with Crippen LogP contribution in [0.2, 0.25) is 0 Å². The summed E-state index contributed by atoms with van der Waals surface area (Å²) in [5, 5.41) is 17.5. The number of aryl methyl sites for hydroxylation is 2. The van der Waals surface area contributed by atoms with E-state index in [0.717, 1.165) is 28.4 Å². The molecule has 0 spiro atoms. The van der Waals surface area contributed by atoms with Crippen LogP contribution in [0.4, 0.5) is 17.1 Å². The standard InChI is InChI=1S/C64H43N3/c1-40-33-41(2)35-48(34-40)67-59-32-31-47(65(44-19-5-3-6-20-44)46-30-29-42-17-9-10-18-43(42)36-46)37-57(59)62-63(67)54-28-16-15-27-53(54)61-58-38-55-51-25-13-11-23-49(51)50-24-12-14-26-52(50)56(55)39-60(58)66(64(61)62)45-21-7-4-8-22-45/h3-39H,1-2H3. The van der Waals surface area contributed by atoms with Crippen LogP contribution in [0.1, 0.15) is 11.1 Å². The average Bonchev–Trinajstić information content (AvgIpc) is 3.89. The number of fused-ring (bicyclic) bond motifs is 17.